The summed E-state index contributed by atoms with van der Waals surface area (Å²) in [6.07, 6.45) is 0. The van der Waals surface area contributed by atoms with Crippen molar-refractivity contribution >= 4 is 38.8 Å². The molecule has 2 aromatic heterocycles. The van der Waals surface area contributed by atoms with Crippen LogP contribution >= 0.6 is 22.7 Å². The number of benzene rings is 1. The molecular formula is C15H14N2O2S2. The van der Waals surface area contributed by atoms with Gasteiger partial charge < -0.3 is 10.1 Å². The van der Waals surface area contributed by atoms with E-state index in [1.54, 1.807) is 18.4 Å². The summed E-state index contributed by atoms with van der Waals surface area (Å²) in [4.78, 5) is 18.3. The van der Waals surface area contributed by atoms with E-state index in [9.17, 15) is 4.79 Å². The van der Waals surface area contributed by atoms with Gasteiger partial charge in [0.15, 0.2) is 0 Å². The third kappa shape index (κ3) is 3.12. The van der Waals surface area contributed by atoms with Crippen molar-refractivity contribution in [2.75, 3.05) is 20.3 Å². The second-order valence-corrected chi connectivity index (χ2v) is 6.51. The molecule has 4 nitrogen and oxygen atoms in total. The van der Waals surface area contributed by atoms with Gasteiger partial charge in [0.1, 0.15) is 5.01 Å². The van der Waals surface area contributed by atoms with Crippen LogP contribution < -0.4 is 5.32 Å². The van der Waals surface area contributed by atoms with Gasteiger partial charge in [0, 0.05) is 13.7 Å². The van der Waals surface area contributed by atoms with Crippen molar-refractivity contribution in [1.82, 2.24) is 10.3 Å². The topological polar surface area (TPSA) is 51.2 Å². The Labute approximate surface area is 130 Å². The summed E-state index contributed by atoms with van der Waals surface area (Å²) in [6.45, 7) is 1.03. The van der Waals surface area contributed by atoms with Crippen molar-refractivity contribution in [3.05, 3.63) is 41.3 Å². The van der Waals surface area contributed by atoms with Crippen LogP contribution in [0, 0.1) is 0 Å². The Morgan fingerprint density at radius 1 is 1.24 bits per heavy atom. The number of fused-ring (bicyclic) bond motifs is 1. The summed E-state index contributed by atoms with van der Waals surface area (Å²) >= 11 is 3.11. The molecule has 0 aliphatic carbocycles. The van der Waals surface area contributed by atoms with Crippen LogP contribution in [0.5, 0.6) is 0 Å². The van der Waals surface area contributed by atoms with E-state index in [0.717, 1.165) is 20.1 Å². The summed E-state index contributed by atoms with van der Waals surface area (Å²) in [5, 5.41) is 3.78. The maximum atomic E-state index is 12.0. The number of aromatic nitrogens is 1. The Morgan fingerprint density at radius 3 is 2.90 bits per heavy atom. The van der Waals surface area contributed by atoms with Gasteiger partial charge in [-0.25, -0.2) is 4.98 Å². The van der Waals surface area contributed by atoms with E-state index in [4.69, 9.17) is 4.74 Å². The van der Waals surface area contributed by atoms with Crippen molar-refractivity contribution < 1.29 is 9.53 Å². The predicted molar refractivity (Wildman–Crippen MR) is 87.1 cm³/mol. The number of hydrogen-bond acceptors (Lipinski definition) is 5. The van der Waals surface area contributed by atoms with Crippen LogP contribution in [0.15, 0.2) is 36.4 Å². The number of thiazole rings is 1. The van der Waals surface area contributed by atoms with Crippen LogP contribution in [0.2, 0.25) is 0 Å². The Kier molecular flexibility index (Phi) is 4.28. The standard InChI is InChI=1S/C15H14N2O2S2/c1-19-9-8-16-14(18)12-6-7-13(20-12)15-17-10-4-2-3-5-11(10)21-15/h2-7H,8-9H2,1H3,(H,16,18). The molecule has 6 heteroatoms. The van der Waals surface area contributed by atoms with Crippen LogP contribution in [0.25, 0.3) is 20.1 Å². The van der Waals surface area contributed by atoms with Gasteiger partial charge in [0.25, 0.3) is 5.91 Å². The average molecular weight is 318 g/mol. The summed E-state index contributed by atoms with van der Waals surface area (Å²) in [6, 6.07) is 11.8. The number of amides is 1. The summed E-state index contributed by atoms with van der Waals surface area (Å²) in [7, 11) is 1.61. The van der Waals surface area contributed by atoms with E-state index in [2.05, 4.69) is 16.4 Å². The molecule has 21 heavy (non-hydrogen) atoms. The van der Waals surface area contributed by atoms with E-state index in [0.29, 0.717) is 18.0 Å². The van der Waals surface area contributed by atoms with Gasteiger partial charge in [-0.15, -0.1) is 22.7 Å². The second-order valence-electron chi connectivity index (χ2n) is 4.40. The van der Waals surface area contributed by atoms with E-state index >= 15 is 0 Å². The number of nitrogens with one attached hydrogen (secondary N) is 1. The van der Waals surface area contributed by atoms with Crippen molar-refractivity contribution in [3.63, 3.8) is 0 Å². The number of carbonyl (C=O) groups is 1. The van der Waals surface area contributed by atoms with Crippen LogP contribution in [0.3, 0.4) is 0 Å². The molecule has 0 unspecified atom stereocenters. The van der Waals surface area contributed by atoms with Gasteiger partial charge in [-0.05, 0) is 24.3 Å². The Bertz CT molecular complexity index is 731. The zero-order valence-corrected chi connectivity index (χ0v) is 13.1. The van der Waals surface area contributed by atoms with Crippen molar-refractivity contribution in [2.24, 2.45) is 0 Å². The highest BCUT2D eigenvalue weighted by Gasteiger charge is 2.12. The monoisotopic (exact) mass is 318 g/mol. The van der Waals surface area contributed by atoms with Gasteiger partial charge in [-0.2, -0.15) is 0 Å². The first-order valence-electron chi connectivity index (χ1n) is 6.51. The molecule has 2 heterocycles. The highest BCUT2D eigenvalue weighted by atomic mass is 32.1. The molecule has 0 radical (unpaired) electrons. The van der Waals surface area contributed by atoms with Gasteiger partial charge in [0.05, 0.1) is 26.6 Å². The average Bonchev–Trinajstić information content (AvgIpc) is 3.13. The molecule has 0 atom stereocenters. The van der Waals surface area contributed by atoms with Crippen molar-refractivity contribution in [2.45, 2.75) is 0 Å². The Balaban J connectivity index is 1.79. The third-order valence-electron chi connectivity index (χ3n) is 2.93. The molecule has 0 saturated heterocycles. The Morgan fingerprint density at radius 2 is 2.10 bits per heavy atom. The van der Waals surface area contributed by atoms with Crippen LogP contribution in [-0.2, 0) is 4.74 Å². The van der Waals surface area contributed by atoms with Crippen molar-refractivity contribution in [3.8, 4) is 9.88 Å². The smallest absolute Gasteiger partial charge is 0.261 e. The minimum Gasteiger partial charge on any atom is -0.383 e. The largest absolute Gasteiger partial charge is 0.383 e. The summed E-state index contributed by atoms with van der Waals surface area (Å²) in [5.74, 6) is -0.0654. The number of para-hydroxylation sites is 1. The number of carbonyl (C=O) groups excluding carboxylic acids is 1. The minimum absolute atomic E-state index is 0.0654. The number of methoxy groups -OCH3 is 1. The molecule has 108 valence electrons. The molecule has 0 bridgehead atoms. The zero-order valence-electron chi connectivity index (χ0n) is 11.5. The molecule has 1 amide bonds. The van der Waals surface area contributed by atoms with E-state index in [-0.39, 0.29) is 5.91 Å². The predicted octanol–water partition coefficient (Wildman–Crippen LogP) is 3.40. The van der Waals surface area contributed by atoms with Crippen LogP contribution in [0.1, 0.15) is 9.67 Å². The molecule has 3 aromatic rings. The maximum absolute atomic E-state index is 12.0. The fraction of sp³-hybridized carbons (Fsp3) is 0.200. The highest BCUT2D eigenvalue weighted by Crippen LogP contribution is 2.34. The van der Waals surface area contributed by atoms with Gasteiger partial charge in [0.2, 0.25) is 0 Å². The molecule has 0 aliphatic heterocycles. The quantitative estimate of drug-likeness (QED) is 0.734. The number of rotatable bonds is 5. The lowest BCUT2D eigenvalue weighted by Crippen LogP contribution is -2.26. The van der Waals surface area contributed by atoms with Gasteiger partial charge in [-0.3, -0.25) is 4.79 Å². The highest BCUT2D eigenvalue weighted by molar-refractivity contribution is 7.26. The molecule has 1 aromatic carbocycles. The summed E-state index contributed by atoms with van der Waals surface area (Å²) < 4.78 is 6.08. The first-order valence-corrected chi connectivity index (χ1v) is 8.14. The summed E-state index contributed by atoms with van der Waals surface area (Å²) in [5.41, 5.74) is 0.997. The molecule has 0 aliphatic rings. The van der Waals surface area contributed by atoms with Gasteiger partial charge in [-0.1, -0.05) is 12.1 Å². The molecule has 0 fully saturated rings. The first-order chi connectivity index (χ1) is 10.3. The number of ether oxygens (including phenoxy) is 1. The molecule has 0 saturated carbocycles. The molecule has 0 spiro atoms. The van der Waals surface area contributed by atoms with Crippen LogP contribution in [0.4, 0.5) is 0 Å². The van der Waals surface area contributed by atoms with E-state index in [1.165, 1.54) is 11.3 Å². The number of nitrogens with zero attached hydrogens (tertiary/aromatic N) is 1. The normalized spacial score (nSPS) is 10.9. The number of hydrogen-bond donors (Lipinski definition) is 1. The molecule has 3 rings (SSSR count). The van der Waals surface area contributed by atoms with Crippen LogP contribution in [-0.4, -0.2) is 31.2 Å². The lowest BCUT2D eigenvalue weighted by atomic mass is 10.3. The van der Waals surface area contributed by atoms with E-state index < -0.39 is 0 Å². The maximum Gasteiger partial charge on any atom is 0.261 e. The lowest BCUT2D eigenvalue weighted by Gasteiger charge is -2.01. The molecular weight excluding hydrogens is 304 g/mol. The van der Waals surface area contributed by atoms with E-state index in [1.807, 2.05) is 30.3 Å². The third-order valence-corrected chi connectivity index (χ3v) is 5.22. The fourth-order valence-electron chi connectivity index (χ4n) is 1.91. The Hall–Kier alpha value is -1.76. The fourth-order valence-corrected chi connectivity index (χ4v) is 3.85. The minimum atomic E-state index is -0.0654. The second kappa shape index (κ2) is 6.34. The first kappa shape index (κ1) is 14.2. The molecule has 1 N–H and O–H groups in total. The number of thiophene rings is 1. The lowest BCUT2D eigenvalue weighted by molar-refractivity contribution is 0.0941. The SMILES string of the molecule is COCCNC(=O)c1ccc(-c2nc3ccccc3s2)s1. The van der Waals surface area contributed by atoms with Gasteiger partial charge >= 0.3 is 0 Å². The zero-order chi connectivity index (χ0) is 14.7. The van der Waals surface area contributed by atoms with Crippen molar-refractivity contribution in [1.29, 1.82) is 0 Å².